The molecule has 1 aliphatic heterocycles. The van der Waals surface area contributed by atoms with Crippen LogP contribution in [0.5, 0.6) is 0 Å². The lowest BCUT2D eigenvalue weighted by atomic mass is 9.44. The van der Waals surface area contributed by atoms with Crippen LogP contribution in [-0.2, 0) is 14.3 Å². The number of ketones is 2. The first-order valence-corrected chi connectivity index (χ1v) is 12.2. The minimum Gasteiger partial charge on any atom is -0.494 e. The SMILES string of the molecule is C=C(C)CCC1=C(C)[C@H]2[C@H](C[C@H]3[C@@H]4CC[C@H]5CC(=O)CC[C@]5(C)[C@H]4CC(=O)[C@@]32C)O1. The standard InChI is InChI=1S/C27H38O3/c1-15(2)6-9-22-16(3)25-23(30-22)13-21-19-8-7-17-12-18(28)10-11-26(17,4)20(19)14-24(29)27(21,25)5/h17,19-21,23,25H,1,6-14H2,2-5H3/t17-,19+,20-,21-,23-,25-,26-,27+/m0/s1. The fourth-order valence-corrected chi connectivity index (χ4v) is 8.64. The molecule has 0 unspecified atom stereocenters. The minimum atomic E-state index is -0.269. The summed E-state index contributed by atoms with van der Waals surface area (Å²) in [5.41, 5.74) is 2.42. The molecule has 0 aromatic heterocycles. The van der Waals surface area contributed by atoms with Crippen LogP contribution in [0.15, 0.2) is 23.5 Å². The molecule has 3 nitrogen and oxygen atoms in total. The Hall–Kier alpha value is -1.38. The van der Waals surface area contributed by atoms with Gasteiger partial charge in [-0.3, -0.25) is 9.59 Å². The second-order valence-corrected chi connectivity index (χ2v) is 11.7. The quantitative estimate of drug-likeness (QED) is 0.533. The molecule has 4 saturated carbocycles. The average Bonchev–Trinajstić information content (AvgIpc) is 3.16. The summed E-state index contributed by atoms with van der Waals surface area (Å²) in [7, 11) is 0. The van der Waals surface area contributed by atoms with Crippen LogP contribution >= 0.6 is 0 Å². The van der Waals surface area contributed by atoms with Crippen LogP contribution in [0.25, 0.3) is 0 Å². The zero-order valence-electron chi connectivity index (χ0n) is 19.3. The molecule has 5 aliphatic rings. The van der Waals surface area contributed by atoms with Crippen molar-refractivity contribution in [2.45, 2.75) is 91.6 Å². The molecule has 0 aromatic carbocycles. The van der Waals surface area contributed by atoms with Gasteiger partial charge < -0.3 is 4.74 Å². The van der Waals surface area contributed by atoms with E-state index in [-0.39, 0.29) is 22.9 Å². The molecule has 0 aromatic rings. The third-order valence-electron chi connectivity index (χ3n) is 10.3. The molecule has 4 fully saturated rings. The van der Waals surface area contributed by atoms with E-state index in [0.717, 1.165) is 44.3 Å². The maximum absolute atomic E-state index is 13.8. The lowest BCUT2D eigenvalue weighted by molar-refractivity contribution is -0.156. The Labute approximate surface area is 181 Å². The van der Waals surface area contributed by atoms with Gasteiger partial charge in [-0.2, -0.15) is 0 Å². The van der Waals surface area contributed by atoms with Crippen molar-refractivity contribution in [3.63, 3.8) is 0 Å². The third kappa shape index (κ3) is 2.69. The third-order valence-corrected chi connectivity index (χ3v) is 10.3. The van der Waals surface area contributed by atoms with Crippen molar-refractivity contribution < 1.29 is 14.3 Å². The molecule has 1 heterocycles. The Kier molecular flexibility index (Phi) is 4.66. The molecule has 164 valence electrons. The first-order chi connectivity index (χ1) is 14.2. The van der Waals surface area contributed by atoms with E-state index in [9.17, 15) is 9.59 Å². The molecule has 0 spiro atoms. The van der Waals surface area contributed by atoms with E-state index in [0.29, 0.717) is 41.7 Å². The van der Waals surface area contributed by atoms with Crippen molar-refractivity contribution in [2.75, 3.05) is 0 Å². The number of hydrogen-bond donors (Lipinski definition) is 0. The van der Waals surface area contributed by atoms with Gasteiger partial charge in [-0.25, -0.2) is 0 Å². The van der Waals surface area contributed by atoms with E-state index in [2.05, 4.69) is 34.3 Å². The van der Waals surface area contributed by atoms with Gasteiger partial charge in [-0.1, -0.05) is 19.4 Å². The van der Waals surface area contributed by atoms with Gasteiger partial charge >= 0.3 is 0 Å². The average molecular weight is 411 g/mol. The lowest BCUT2D eigenvalue weighted by Crippen LogP contribution is -2.56. The molecule has 0 N–H and O–H groups in total. The van der Waals surface area contributed by atoms with Crippen LogP contribution in [0.2, 0.25) is 0 Å². The number of rotatable bonds is 3. The monoisotopic (exact) mass is 410 g/mol. The Bertz CT molecular complexity index is 837. The fraction of sp³-hybridized carbons (Fsp3) is 0.778. The topological polar surface area (TPSA) is 43.4 Å². The molecule has 8 atom stereocenters. The second kappa shape index (κ2) is 6.81. The number of allylic oxidation sites excluding steroid dienone is 2. The number of hydrogen-bond acceptors (Lipinski definition) is 3. The Morgan fingerprint density at radius 3 is 2.67 bits per heavy atom. The maximum Gasteiger partial charge on any atom is 0.140 e. The van der Waals surface area contributed by atoms with Crippen LogP contribution < -0.4 is 0 Å². The summed E-state index contributed by atoms with van der Waals surface area (Å²) in [6, 6.07) is 0. The predicted molar refractivity (Wildman–Crippen MR) is 118 cm³/mol. The summed E-state index contributed by atoms with van der Waals surface area (Å²) in [5, 5.41) is 0. The van der Waals surface area contributed by atoms with Crippen molar-refractivity contribution in [3.8, 4) is 0 Å². The number of carbonyl (C=O) groups excluding carboxylic acids is 2. The molecule has 5 rings (SSSR count). The van der Waals surface area contributed by atoms with Crippen LogP contribution in [0, 0.1) is 40.4 Å². The molecule has 30 heavy (non-hydrogen) atoms. The molecule has 0 amide bonds. The van der Waals surface area contributed by atoms with Gasteiger partial charge in [0.05, 0.1) is 5.76 Å². The Morgan fingerprint density at radius 1 is 1.17 bits per heavy atom. The van der Waals surface area contributed by atoms with Crippen molar-refractivity contribution in [3.05, 3.63) is 23.5 Å². The molecule has 4 aliphatic carbocycles. The van der Waals surface area contributed by atoms with Gasteiger partial charge in [0, 0.05) is 37.0 Å². The number of Topliss-reactive ketones (excluding diaryl/α,β-unsaturated/α-hetero) is 2. The van der Waals surface area contributed by atoms with E-state index >= 15 is 0 Å². The predicted octanol–water partition coefficient (Wildman–Crippen LogP) is 6.03. The fourth-order valence-electron chi connectivity index (χ4n) is 8.64. The van der Waals surface area contributed by atoms with Gasteiger partial charge in [-0.15, -0.1) is 6.58 Å². The normalized spacial score (nSPS) is 47.3. The van der Waals surface area contributed by atoms with Gasteiger partial charge in [0.25, 0.3) is 0 Å². The molecular formula is C27H38O3. The summed E-state index contributed by atoms with van der Waals surface area (Å²) in [4.78, 5) is 26.0. The maximum atomic E-state index is 13.8. The number of ether oxygens (including phenoxy) is 1. The second-order valence-electron chi connectivity index (χ2n) is 11.7. The van der Waals surface area contributed by atoms with Crippen LogP contribution in [0.1, 0.15) is 85.5 Å². The lowest BCUT2D eigenvalue weighted by Gasteiger charge is -2.59. The van der Waals surface area contributed by atoms with Crippen molar-refractivity contribution in [2.24, 2.45) is 40.4 Å². The van der Waals surface area contributed by atoms with Crippen LogP contribution in [0.3, 0.4) is 0 Å². The molecule has 0 radical (unpaired) electrons. The molecule has 0 saturated heterocycles. The number of fused-ring (bicyclic) bond motifs is 7. The molecule has 0 bridgehead atoms. The summed E-state index contributed by atoms with van der Waals surface area (Å²) < 4.78 is 6.52. The van der Waals surface area contributed by atoms with Crippen molar-refractivity contribution in [1.29, 1.82) is 0 Å². The van der Waals surface area contributed by atoms with E-state index in [4.69, 9.17) is 4.74 Å². The molecular weight excluding hydrogens is 372 g/mol. The van der Waals surface area contributed by atoms with E-state index in [1.165, 1.54) is 24.0 Å². The van der Waals surface area contributed by atoms with E-state index in [1.807, 2.05) is 0 Å². The Morgan fingerprint density at radius 2 is 1.93 bits per heavy atom. The van der Waals surface area contributed by atoms with Gasteiger partial charge in [-0.05, 0) is 80.6 Å². The van der Waals surface area contributed by atoms with E-state index in [1.54, 1.807) is 0 Å². The summed E-state index contributed by atoms with van der Waals surface area (Å²) in [6.45, 7) is 13.0. The highest BCUT2D eigenvalue weighted by atomic mass is 16.5. The highest BCUT2D eigenvalue weighted by molar-refractivity contribution is 5.88. The zero-order valence-corrected chi connectivity index (χ0v) is 19.3. The van der Waals surface area contributed by atoms with Crippen molar-refractivity contribution >= 4 is 11.6 Å². The van der Waals surface area contributed by atoms with Gasteiger partial charge in [0.1, 0.15) is 17.7 Å². The van der Waals surface area contributed by atoms with Gasteiger partial charge in [0.15, 0.2) is 0 Å². The van der Waals surface area contributed by atoms with E-state index < -0.39 is 0 Å². The number of carbonyl (C=O) groups is 2. The highest BCUT2D eigenvalue weighted by Gasteiger charge is 2.67. The largest absolute Gasteiger partial charge is 0.494 e. The van der Waals surface area contributed by atoms with Crippen molar-refractivity contribution in [1.82, 2.24) is 0 Å². The summed E-state index contributed by atoms with van der Waals surface area (Å²) >= 11 is 0. The first kappa shape index (κ1) is 20.5. The zero-order chi connectivity index (χ0) is 21.4. The molecule has 3 heteroatoms. The van der Waals surface area contributed by atoms with Crippen LogP contribution in [-0.4, -0.2) is 17.7 Å². The van der Waals surface area contributed by atoms with Gasteiger partial charge in [0.2, 0.25) is 0 Å². The summed E-state index contributed by atoms with van der Waals surface area (Å²) in [5.74, 6) is 4.30. The Balaban J connectivity index is 1.45. The minimum absolute atomic E-state index is 0.171. The smallest absolute Gasteiger partial charge is 0.140 e. The first-order valence-electron chi connectivity index (χ1n) is 12.2. The van der Waals surface area contributed by atoms with Crippen LogP contribution in [0.4, 0.5) is 0 Å². The highest BCUT2D eigenvalue weighted by Crippen LogP contribution is 2.68. The summed E-state index contributed by atoms with van der Waals surface area (Å²) in [6.07, 6.45) is 8.62.